The molecule has 0 atom stereocenters. The minimum atomic E-state index is -0.223. The second-order valence-electron chi connectivity index (χ2n) is 5.54. The van der Waals surface area contributed by atoms with E-state index in [9.17, 15) is 9.59 Å². The van der Waals surface area contributed by atoms with Gasteiger partial charge < -0.3 is 5.32 Å². The van der Waals surface area contributed by atoms with Crippen molar-refractivity contribution in [3.63, 3.8) is 0 Å². The van der Waals surface area contributed by atoms with E-state index in [1.807, 2.05) is 19.2 Å². The molecule has 0 radical (unpaired) electrons. The molecule has 0 aliphatic heterocycles. The van der Waals surface area contributed by atoms with E-state index in [1.165, 1.54) is 17.5 Å². The second-order valence-corrected chi connectivity index (χ2v) is 5.54. The van der Waals surface area contributed by atoms with Crippen LogP contribution in [-0.4, -0.2) is 26.1 Å². The molecule has 1 fully saturated rings. The molecule has 2 heterocycles. The third-order valence-corrected chi connectivity index (χ3v) is 4.05. The number of nitrogens with one attached hydrogen (secondary N) is 1. The number of hydrogen-bond acceptors (Lipinski definition) is 3. The number of fused-ring (bicyclic) bond motifs is 1. The number of aryl methyl sites for hydroxylation is 1. The Kier molecular flexibility index (Phi) is 3.77. The summed E-state index contributed by atoms with van der Waals surface area (Å²) in [5.41, 5.74) is 0.342. The second kappa shape index (κ2) is 5.71. The Morgan fingerprint density at radius 1 is 1.43 bits per heavy atom. The summed E-state index contributed by atoms with van der Waals surface area (Å²) >= 11 is 0. The van der Waals surface area contributed by atoms with E-state index in [0.29, 0.717) is 11.9 Å². The van der Waals surface area contributed by atoms with Crippen molar-refractivity contribution >= 4 is 11.4 Å². The number of rotatable bonds is 4. The lowest BCUT2D eigenvalue weighted by Gasteiger charge is -2.13. The average molecular weight is 288 g/mol. The number of nitrogens with zero attached hydrogens (tertiary/aromatic N) is 3. The Labute approximate surface area is 122 Å². The Morgan fingerprint density at radius 2 is 2.19 bits per heavy atom. The van der Waals surface area contributed by atoms with Gasteiger partial charge in [0.25, 0.3) is 5.56 Å². The van der Waals surface area contributed by atoms with Crippen molar-refractivity contribution in [2.75, 3.05) is 0 Å². The quantitative estimate of drug-likeness (QED) is 0.916. The fraction of sp³-hybridized carbons (Fsp3) is 0.533. The van der Waals surface area contributed by atoms with Crippen LogP contribution in [0.3, 0.4) is 0 Å². The molecule has 0 bridgehead atoms. The summed E-state index contributed by atoms with van der Waals surface area (Å²) in [5, 5.41) is 7.30. The number of carbonyl (C=O) groups is 1. The molecule has 21 heavy (non-hydrogen) atoms. The predicted molar refractivity (Wildman–Crippen MR) is 79.2 cm³/mol. The molecule has 2 aromatic rings. The van der Waals surface area contributed by atoms with Gasteiger partial charge >= 0.3 is 0 Å². The van der Waals surface area contributed by atoms with Gasteiger partial charge in [-0.1, -0.05) is 19.8 Å². The van der Waals surface area contributed by atoms with Crippen molar-refractivity contribution in [3.05, 3.63) is 34.5 Å². The van der Waals surface area contributed by atoms with Gasteiger partial charge in [-0.2, -0.15) is 5.10 Å². The first-order valence-electron chi connectivity index (χ1n) is 7.55. The van der Waals surface area contributed by atoms with E-state index in [1.54, 1.807) is 10.5 Å². The van der Waals surface area contributed by atoms with Gasteiger partial charge in [0.1, 0.15) is 17.9 Å². The average Bonchev–Trinajstić information content (AvgIpc) is 3.13. The highest BCUT2D eigenvalue weighted by Gasteiger charge is 2.18. The minimum Gasteiger partial charge on any atom is -0.352 e. The summed E-state index contributed by atoms with van der Waals surface area (Å²) in [5.74, 6) is 0.651. The smallest absolute Gasteiger partial charge is 0.291 e. The molecule has 1 saturated carbocycles. The number of hydrogen-bond donors (Lipinski definition) is 1. The molecular formula is C15H20N4O2. The first-order chi connectivity index (χ1) is 10.2. The molecule has 6 heteroatoms. The van der Waals surface area contributed by atoms with Crippen LogP contribution in [0.1, 0.15) is 38.4 Å². The van der Waals surface area contributed by atoms with E-state index < -0.39 is 0 Å². The molecular weight excluding hydrogens is 268 g/mol. The molecule has 2 aromatic heterocycles. The largest absolute Gasteiger partial charge is 0.352 e. The maximum absolute atomic E-state index is 12.3. The van der Waals surface area contributed by atoms with Gasteiger partial charge in [-0.15, -0.1) is 0 Å². The van der Waals surface area contributed by atoms with Crippen molar-refractivity contribution in [2.24, 2.45) is 0 Å². The van der Waals surface area contributed by atoms with Crippen LogP contribution >= 0.6 is 0 Å². The van der Waals surface area contributed by atoms with Gasteiger partial charge in [-0.3, -0.25) is 14.0 Å². The third-order valence-electron chi connectivity index (χ3n) is 4.05. The lowest BCUT2D eigenvalue weighted by molar-refractivity contribution is -0.122. The predicted octanol–water partition coefficient (Wildman–Crippen LogP) is 1.12. The summed E-state index contributed by atoms with van der Waals surface area (Å²) in [6.45, 7) is 1.97. The molecule has 1 aliphatic rings. The van der Waals surface area contributed by atoms with Crippen LogP contribution in [-0.2, 0) is 17.8 Å². The maximum atomic E-state index is 12.3. The van der Waals surface area contributed by atoms with E-state index in [-0.39, 0.29) is 24.1 Å². The Hall–Kier alpha value is -2.11. The van der Waals surface area contributed by atoms with Crippen molar-refractivity contribution in [1.29, 1.82) is 0 Å². The van der Waals surface area contributed by atoms with Crippen LogP contribution in [0.25, 0.3) is 5.52 Å². The topological polar surface area (TPSA) is 68.4 Å². The summed E-state index contributed by atoms with van der Waals surface area (Å²) in [4.78, 5) is 24.4. The van der Waals surface area contributed by atoms with E-state index >= 15 is 0 Å². The molecule has 1 amide bonds. The zero-order valence-electron chi connectivity index (χ0n) is 12.2. The third kappa shape index (κ3) is 2.70. The normalized spacial score (nSPS) is 15.7. The lowest BCUT2D eigenvalue weighted by Crippen LogP contribution is -2.39. The van der Waals surface area contributed by atoms with Crippen molar-refractivity contribution < 1.29 is 4.79 Å². The molecule has 6 nitrogen and oxygen atoms in total. The van der Waals surface area contributed by atoms with Gasteiger partial charge in [0.2, 0.25) is 5.91 Å². The molecule has 0 aromatic carbocycles. The van der Waals surface area contributed by atoms with Gasteiger partial charge in [0.05, 0.1) is 0 Å². The van der Waals surface area contributed by atoms with Crippen LogP contribution in [0.15, 0.2) is 23.1 Å². The van der Waals surface area contributed by atoms with Crippen LogP contribution in [0.5, 0.6) is 0 Å². The highest BCUT2D eigenvalue weighted by molar-refractivity contribution is 5.76. The number of aromatic nitrogens is 3. The Bertz CT molecular complexity index is 710. The SMILES string of the molecule is CCc1nn(CC(=O)NC2CCCC2)c(=O)c2cccn12. The fourth-order valence-corrected chi connectivity index (χ4v) is 2.97. The van der Waals surface area contributed by atoms with Crippen LogP contribution in [0.4, 0.5) is 0 Å². The van der Waals surface area contributed by atoms with Crippen molar-refractivity contribution in [2.45, 2.75) is 51.6 Å². The molecule has 0 spiro atoms. The van der Waals surface area contributed by atoms with Crippen LogP contribution in [0.2, 0.25) is 0 Å². The van der Waals surface area contributed by atoms with Gasteiger partial charge in [-0.05, 0) is 25.0 Å². The highest BCUT2D eigenvalue weighted by Crippen LogP contribution is 2.17. The number of carbonyl (C=O) groups excluding carboxylic acids is 1. The van der Waals surface area contributed by atoms with Crippen LogP contribution in [0, 0.1) is 0 Å². The minimum absolute atomic E-state index is 0.00991. The van der Waals surface area contributed by atoms with E-state index in [0.717, 1.165) is 18.7 Å². The molecule has 1 aliphatic carbocycles. The van der Waals surface area contributed by atoms with Crippen LogP contribution < -0.4 is 10.9 Å². The Morgan fingerprint density at radius 3 is 2.90 bits per heavy atom. The monoisotopic (exact) mass is 288 g/mol. The molecule has 0 saturated heterocycles. The van der Waals surface area contributed by atoms with E-state index in [2.05, 4.69) is 10.4 Å². The zero-order valence-corrected chi connectivity index (χ0v) is 12.2. The molecule has 0 unspecified atom stereocenters. The van der Waals surface area contributed by atoms with Crippen molar-refractivity contribution in [1.82, 2.24) is 19.5 Å². The zero-order chi connectivity index (χ0) is 14.8. The highest BCUT2D eigenvalue weighted by atomic mass is 16.2. The van der Waals surface area contributed by atoms with Gasteiger partial charge in [0.15, 0.2) is 0 Å². The molecule has 112 valence electrons. The summed E-state index contributed by atoms with van der Waals surface area (Å²) in [6.07, 6.45) is 6.93. The van der Waals surface area contributed by atoms with Crippen molar-refractivity contribution in [3.8, 4) is 0 Å². The summed E-state index contributed by atoms with van der Waals surface area (Å²) in [7, 11) is 0. The van der Waals surface area contributed by atoms with E-state index in [4.69, 9.17) is 0 Å². The van der Waals surface area contributed by atoms with Gasteiger partial charge in [-0.25, -0.2) is 4.68 Å². The molecule has 3 rings (SSSR count). The first kappa shape index (κ1) is 13.9. The number of amides is 1. The molecule has 1 N–H and O–H groups in total. The summed E-state index contributed by atoms with van der Waals surface area (Å²) in [6, 6.07) is 3.84. The maximum Gasteiger partial charge on any atom is 0.291 e. The lowest BCUT2D eigenvalue weighted by atomic mass is 10.2. The fourth-order valence-electron chi connectivity index (χ4n) is 2.97. The first-order valence-corrected chi connectivity index (χ1v) is 7.55. The Balaban J connectivity index is 1.84. The standard InChI is InChI=1S/C15H20N4O2/c1-2-13-17-19(15(21)12-8-5-9-18(12)13)10-14(20)16-11-6-3-4-7-11/h5,8-9,11H,2-4,6-7,10H2,1H3,(H,16,20). The summed E-state index contributed by atoms with van der Waals surface area (Å²) < 4.78 is 3.06. The van der Waals surface area contributed by atoms with Gasteiger partial charge in [0, 0.05) is 18.7 Å².